The van der Waals surface area contributed by atoms with Gasteiger partial charge < -0.3 is 9.84 Å². The van der Waals surface area contributed by atoms with Crippen molar-refractivity contribution in [3.63, 3.8) is 0 Å². The van der Waals surface area contributed by atoms with Crippen LogP contribution in [0.25, 0.3) is 0 Å². The second kappa shape index (κ2) is 8.23. The molecule has 0 aromatic rings. The lowest BCUT2D eigenvalue weighted by Crippen LogP contribution is -2.62. The normalized spacial score (nSPS) is 48.6. The summed E-state index contributed by atoms with van der Waals surface area (Å²) in [5, 5.41) is 11.0. The molecular weight excluding hydrogens is 424 g/mol. The fraction of sp³-hybridized carbons (Fsp3) is 0.727. The molecule has 2 N–H and O–H groups in total. The highest BCUT2D eigenvalue weighted by Crippen LogP contribution is 2.54. The number of allylic oxidation sites excluding steroid dienone is 1. The first kappa shape index (κ1) is 23.2. The molecule has 0 saturated heterocycles. The Labute approximate surface area is 187 Å². The molecule has 2 aliphatic carbocycles. The second-order valence-corrected chi connectivity index (χ2v) is 11.0. The van der Waals surface area contributed by atoms with Gasteiger partial charge in [0.15, 0.2) is 0 Å². The van der Waals surface area contributed by atoms with Gasteiger partial charge in [0.1, 0.15) is 5.60 Å². The lowest BCUT2D eigenvalue weighted by Gasteiger charge is -2.57. The third kappa shape index (κ3) is 4.18. The Hall–Kier alpha value is -0.460. The number of fused-ring (bicyclic) bond motifs is 1. The van der Waals surface area contributed by atoms with Crippen molar-refractivity contribution in [2.24, 2.45) is 28.0 Å². The van der Waals surface area contributed by atoms with Crippen molar-refractivity contribution < 1.29 is 9.84 Å². The van der Waals surface area contributed by atoms with Crippen LogP contribution < -0.4 is 4.72 Å². The molecule has 1 fully saturated rings. The predicted octanol–water partition coefficient (Wildman–Crippen LogP) is 4.19. The Balaban J connectivity index is 2.12. The van der Waals surface area contributed by atoms with Gasteiger partial charge in [0.25, 0.3) is 0 Å². The van der Waals surface area contributed by atoms with Crippen molar-refractivity contribution in [3.8, 4) is 5.69 Å². The summed E-state index contributed by atoms with van der Waals surface area (Å²) in [6.45, 7) is 10.3. The summed E-state index contributed by atoms with van der Waals surface area (Å²) in [5.41, 5.74) is 3.74. The highest BCUT2D eigenvalue weighted by molar-refractivity contribution is 7.86. The third-order valence-electron chi connectivity index (χ3n) is 7.16. The van der Waals surface area contributed by atoms with E-state index in [2.05, 4.69) is 42.7 Å². The Morgan fingerprint density at radius 3 is 2.55 bits per heavy atom. The van der Waals surface area contributed by atoms with Gasteiger partial charge in [0.05, 0.1) is 22.6 Å². The van der Waals surface area contributed by atoms with Crippen molar-refractivity contribution in [3.05, 3.63) is 24.3 Å². The van der Waals surface area contributed by atoms with Crippen molar-refractivity contribution >= 4 is 40.0 Å². The highest BCUT2D eigenvalue weighted by Gasteiger charge is 2.57. The zero-order chi connectivity index (χ0) is 21.6. The molecular formula is C22H33ClN2O2S2. The first-order valence-electron chi connectivity index (χ1n) is 10.1. The molecule has 1 aliphatic heterocycles. The smallest absolute Gasteiger partial charge is 0.104 e. The molecule has 3 rings (SSSR count). The summed E-state index contributed by atoms with van der Waals surface area (Å²) in [4.78, 5) is 0. The van der Waals surface area contributed by atoms with Crippen LogP contribution in [0.2, 0.25) is 0 Å². The van der Waals surface area contributed by atoms with Gasteiger partial charge in [-0.2, -0.15) is 0 Å². The van der Waals surface area contributed by atoms with Crippen LogP contribution in [0.5, 0.6) is 0 Å². The summed E-state index contributed by atoms with van der Waals surface area (Å²) < 4.78 is 14.8. The maximum Gasteiger partial charge on any atom is 0.104 e. The molecule has 0 bridgehead atoms. The number of alkyl halides is 1. The standard InChI is InChI=1S/C22H33ClN2O2S2/c1-13-14-8-10-21(4,26)19(25-29-7)18(14)15(12-16(13)24-28-6)22(5)11-9-17(23)20(2,3)27-22/h6,8-11,13-19,24,26H,7,12H2,1-5H3. The number of ether oxygens (including phenoxy) is 1. The lowest BCUT2D eigenvalue weighted by molar-refractivity contribution is -0.169. The van der Waals surface area contributed by atoms with E-state index < -0.39 is 16.8 Å². The van der Waals surface area contributed by atoms with E-state index in [4.69, 9.17) is 26.4 Å². The summed E-state index contributed by atoms with van der Waals surface area (Å²) in [6, 6.07) is -0.0488. The Morgan fingerprint density at radius 2 is 1.97 bits per heavy atom. The van der Waals surface area contributed by atoms with E-state index >= 15 is 0 Å². The van der Waals surface area contributed by atoms with Gasteiger partial charge in [-0.3, -0.25) is 0 Å². The largest absolute Gasteiger partial charge is 0.384 e. The third-order valence-corrected chi connectivity index (χ3v) is 8.65. The van der Waals surface area contributed by atoms with E-state index in [-0.39, 0.29) is 35.2 Å². The number of rotatable bonds is 3. The van der Waals surface area contributed by atoms with E-state index in [1.807, 2.05) is 26.8 Å². The van der Waals surface area contributed by atoms with Crippen LogP contribution in [0, 0.1) is 29.4 Å². The molecule has 29 heavy (non-hydrogen) atoms. The molecule has 162 valence electrons. The van der Waals surface area contributed by atoms with Crippen LogP contribution in [0.1, 0.15) is 41.0 Å². The van der Waals surface area contributed by atoms with Crippen LogP contribution in [0.3, 0.4) is 0 Å². The molecule has 1 saturated carbocycles. The van der Waals surface area contributed by atoms with Crippen molar-refractivity contribution in [2.45, 2.75) is 75.3 Å². The first-order chi connectivity index (χ1) is 13.5. The molecule has 0 radical (unpaired) electrons. The van der Waals surface area contributed by atoms with Gasteiger partial charge in [-0.15, -0.1) is 11.6 Å². The number of hydrogen-bond donors (Lipinski definition) is 2. The predicted molar refractivity (Wildman–Crippen MR) is 127 cm³/mol. The quantitative estimate of drug-likeness (QED) is 0.290. The molecule has 4 nitrogen and oxygen atoms in total. The maximum absolute atomic E-state index is 11.2. The maximum atomic E-state index is 11.2. The average molecular weight is 457 g/mol. The van der Waals surface area contributed by atoms with Crippen molar-refractivity contribution in [1.82, 2.24) is 4.72 Å². The molecule has 3 aliphatic rings. The van der Waals surface area contributed by atoms with E-state index in [0.717, 1.165) is 6.42 Å². The van der Waals surface area contributed by atoms with Crippen LogP contribution in [0.15, 0.2) is 28.7 Å². The second-order valence-electron chi connectivity index (χ2n) is 9.61. The minimum Gasteiger partial charge on any atom is -0.384 e. The Morgan fingerprint density at radius 1 is 1.28 bits per heavy atom. The van der Waals surface area contributed by atoms with Crippen molar-refractivity contribution in [2.75, 3.05) is 0 Å². The molecule has 9 unspecified atom stereocenters. The lowest BCUT2D eigenvalue weighted by atomic mass is 9.54. The summed E-state index contributed by atoms with van der Waals surface area (Å²) in [7, 11) is 0. The Bertz CT molecular complexity index is 799. The van der Waals surface area contributed by atoms with Crippen LogP contribution in [0.4, 0.5) is 0 Å². The van der Waals surface area contributed by atoms with Crippen LogP contribution >= 0.6 is 23.0 Å². The molecule has 0 amide bonds. The van der Waals surface area contributed by atoms with Crippen LogP contribution in [-0.4, -0.2) is 45.2 Å². The van der Waals surface area contributed by atoms with E-state index in [9.17, 15) is 5.11 Å². The highest BCUT2D eigenvalue weighted by atomic mass is 35.5. The molecule has 0 aromatic carbocycles. The molecule has 9 atom stereocenters. The van der Waals surface area contributed by atoms with Crippen LogP contribution in [-0.2, 0) is 15.9 Å². The van der Waals surface area contributed by atoms with Gasteiger partial charge in [-0.1, -0.05) is 59.4 Å². The molecule has 0 aromatic heterocycles. The first-order valence-corrected chi connectivity index (χ1v) is 12.4. The molecule has 0 spiro atoms. The fourth-order valence-electron chi connectivity index (χ4n) is 5.54. The average Bonchev–Trinajstić information content (AvgIpc) is 2.62. The number of hydrogen-bond acceptors (Lipinski definition) is 4. The zero-order valence-corrected chi connectivity index (χ0v) is 20.2. The number of nitrogens with one attached hydrogen (secondary N) is 1. The number of aliphatic hydroxyl groups is 1. The Kier molecular flexibility index (Phi) is 6.59. The molecule has 7 heteroatoms. The summed E-state index contributed by atoms with van der Waals surface area (Å²) >= 11 is 8.87. The summed E-state index contributed by atoms with van der Waals surface area (Å²) in [5.74, 6) is 4.66. The summed E-state index contributed by atoms with van der Waals surface area (Å²) in [6.07, 6.45) is 9.11. The van der Waals surface area contributed by atoms with E-state index in [1.165, 1.54) is 22.5 Å². The monoisotopic (exact) mass is 456 g/mol. The van der Waals surface area contributed by atoms with Crippen molar-refractivity contribution in [1.29, 1.82) is 0 Å². The van der Waals surface area contributed by atoms with E-state index in [0.29, 0.717) is 5.92 Å². The molecule has 1 heterocycles. The van der Waals surface area contributed by atoms with Gasteiger partial charge in [-0.05, 0) is 63.7 Å². The number of nitrogens with zero attached hydrogens (tertiary/aromatic N) is 1. The topological polar surface area (TPSA) is 53.8 Å². The van der Waals surface area contributed by atoms with E-state index in [1.54, 1.807) is 0 Å². The van der Waals surface area contributed by atoms with Gasteiger partial charge >= 0.3 is 0 Å². The minimum atomic E-state index is -1.02. The zero-order valence-electron chi connectivity index (χ0n) is 17.8. The fourth-order valence-corrected chi connectivity index (χ4v) is 6.66. The minimum absolute atomic E-state index is 0.109. The van der Waals surface area contributed by atoms with Gasteiger partial charge in [-0.25, -0.2) is 9.08 Å². The SMILES string of the molecule is C#SNC1CC(C2(C)C=CC(Cl)C(C)(C)O2)C2C(C=CC(C)(O)C2N=S=C)C1C. The van der Waals surface area contributed by atoms with Gasteiger partial charge in [0.2, 0.25) is 0 Å². The number of halogens is 1. The van der Waals surface area contributed by atoms with Gasteiger partial charge in [0, 0.05) is 6.04 Å².